The normalized spacial score (nSPS) is 10.6. The maximum Gasteiger partial charge on any atom is 0.272 e. The van der Waals surface area contributed by atoms with Crippen molar-refractivity contribution in [1.29, 1.82) is 0 Å². The van der Waals surface area contributed by atoms with Crippen molar-refractivity contribution in [2.75, 3.05) is 5.32 Å². The van der Waals surface area contributed by atoms with Crippen LogP contribution in [0.15, 0.2) is 53.1 Å². The summed E-state index contributed by atoms with van der Waals surface area (Å²) in [6.45, 7) is 0. The van der Waals surface area contributed by atoms with Gasteiger partial charge < -0.3 is 10.3 Å². The molecule has 0 saturated carbocycles. The van der Waals surface area contributed by atoms with E-state index in [0.29, 0.717) is 5.69 Å². The van der Waals surface area contributed by atoms with Gasteiger partial charge in [0.15, 0.2) is 0 Å². The summed E-state index contributed by atoms with van der Waals surface area (Å²) in [4.78, 5) is 19.3. The lowest BCUT2D eigenvalue weighted by Crippen LogP contribution is -2.11. The number of nitrogens with one attached hydrogen (secondary N) is 2. The summed E-state index contributed by atoms with van der Waals surface area (Å²) in [5.41, 5.74) is 2.88. The van der Waals surface area contributed by atoms with Gasteiger partial charge in [0.1, 0.15) is 5.69 Å². The van der Waals surface area contributed by atoms with Crippen LogP contribution in [0.25, 0.3) is 11.0 Å². The Kier molecular flexibility index (Phi) is 3.05. The summed E-state index contributed by atoms with van der Waals surface area (Å²) < 4.78 is 0.973. The van der Waals surface area contributed by atoms with E-state index in [1.165, 1.54) is 0 Å². The van der Waals surface area contributed by atoms with Crippen LogP contribution in [0, 0.1) is 0 Å². The summed E-state index contributed by atoms with van der Waals surface area (Å²) in [7, 11) is 0. The average molecular weight is 316 g/mol. The summed E-state index contributed by atoms with van der Waals surface area (Å²) >= 11 is 3.35. The SMILES string of the molecule is O=C(Nc1ccc(Br)cc1)c1cc2ncccc2[nH]1. The lowest BCUT2D eigenvalue weighted by Gasteiger charge is -2.03. The van der Waals surface area contributed by atoms with Crippen LogP contribution in [0.1, 0.15) is 10.5 Å². The van der Waals surface area contributed by atoms with Crippen molar-refractivity contribution in [2.45, 2.75) is 0 Å². The highest BCUT2D eigenvalue weighted by Crippen LogP contribution is 2.16. The molecule has 1 aromatic carbocycles. The lowest BCUT2D eigenvalue weighted by molar-refractivity contribution is 0.102. The number of carbonyl (C=O) groups is 1. The van der Waals surface area contributed by atoms with Crippen LogP contribution in [0.3, 0.4) is 0 Å². The first kappa shape index (κ1) is 11.9. The van der Waals surface area contributed by atoms with Crippen molar-refractivity contribution < 1.29 is 4.79 Å². The van der Waals surface area contributed by atoms with E-state index in [4.69, 9.17) is 0 Å². The van der Waals surface area contributed by atoms with Gasteiger partial charge in [-0.15, -0.1) is 0 Å². The van der Waals surface area contributed by atoms with Gasteiger partial charge in [-0.25, -0.2) is 0 Å². The van der Waals surface area contributed by atoms with Gasteiger partial charge in [0, 0.05) is 16.4 Å². The summed E-state index contributed by atoms with van der Waals surface area (Å²) in [5, 5.41) is 2.83. The largest absolute Gasteiger partial charge is 0.349 e. The van der Waals surface area contributed by atoms with E-state index in [9.17, 15) is 4.79 Å². The molecule has 0 saturated heterocycles. The summed E-state index contributed by atoms with van der Waals surface area (Å²) in [6, 6.07) is 12.9. The molecule has 2 aromatic heterocycles. The fourth-order valence-electron chi connectivity index (χ4n) is 1.81. The zero-order valence-electron chi connectivity index (χ0n) is 9.85. The van der Waals surface area contributed by atoms with Crippen LogP contribution in [-0.2, 0) is 0 Å². The predicted octanol–water partition coefficient (Wildman–Crippen LogP) is 3.58. The number of anilines is 1. The molecule has 0 radical (unpaired) electrons. The number of halogens is 1. The Morgan fingerprint density at radius 1 is 1.21 bits per heavy atom. The number of hydrogen-bond acceptors (Lipinski definition) is 2. The van der Waals surface area contributed by atoms with Crippen LogP contribution in [0.2, 0.25) is 0 Å². The minimum absolute atomic E-state index is 0.180. The number of benzene rings is 1. The zero-order valence-corrected chi connectivity index (χ0v) is 11.4. The second-order valence-electron chi connectivity index (χ2n) is 4.08. The smallest absolute Gasteiger partial charge is 0.272 e. The highest BCUT2D eigenvalue weighted by atomic mass is 79.9. The van der Waals surface area contributed by atoms with Crippen LogP contribution in [0.5, 0.6) is 0 Å². The van der Waals surface area contributed by atoms with Gasteiger partial charge in [-0.1, -0.05) is 15.9 Å². The van der Waals surface area contributed by atoms with Crippen molar-refractivity contribution in [2.24, 2.45) is 0 Å². The Hall–Kier alpha value is -2.14. The molecule has 3 rings (SSSR count). The molecular weight excluding hydrogens is 306 g/mol. The first-order chi connectivity index (χ1) is 9.22. The molecule has 2 heterocycles. The Balaban J connectivity index is 1.85. The van der Waals surface area contributed by atoms with Crippen LogP contribution >= 0.6 is 15.9 Å². The molecule has 2 N–H and O–H groups in total. The highest BCUT2D eigenvalue weighted by molar-refractivity contribution is 9.10. The first-order valence-electron chi connectivity index (χ1n) is 5.73. The molecule has 0 fully saturated rings. The Bertz CT molecular complexity index is 701. The third-order valence-electron chi connectivity index (χ3n) is 2.74. The minimum Gasteiger partial charge on any atom is -0.349 e. The Morgan fingerprint density at radius 3 is 2.74 bits per heavy atom. The van der Waals surface area contributed by atoms with Gasteiger partial charge in [-0.3, -0.25) is 9.78 Å². The van der Waals surface area contributed by atoms with Crippen molar-refractivity contribution >= 4 is 38.6 Å². The van der Waals surface area contributed by atoms with E-state index in [-0.39, 0.29) is 5.91 Å². The fourth-order valence-corrected chi connectivity index (χ4v) is 2.07. The topological polar surface area (TPSA) is 57.8 Å². The fraction of sp³-hybridized carbons (Fsp3) is 0. The standard InChI is InChI=1S/C14H10BrN3O/c15-9-3-5-10(6-4-9)17-14(19)13-8-12-11(18-13)2-1-7-16-12/h1-8,18H,(H,17,19). The van der Waals surface area contributed by atoms with E-state index >= 15 is 0 Å². The molecule has 0 aliphatic carbocycles. The molecule has 5 heteroatoms. The number of nitrogens with zero attached hydrogens (tertiary/aromatic N) is 1. The second kappa shape index (κ2) is 4.85. The number of hydrogen-bond donors (Lipinski definition) is 2. The molecule has 0 bridgehead atoms. The molecular formula is C14H10BrN3O. The van der Waals surface area contributed by atoms with Gasteiger partial charge in [-0.05, 0) is 42.5 Å². The lowest BCUT2D eigenvalue weighted by atomic mass is 10.3. The summed E-state index contributed by atoms with van der Waals surface area (Å²) in [5.74, 6) is -0.180. The van der Waals surface area contributed by atoms with Crippen molar-refractivity contribution in [3.8, 4) is 0 Å². The Labute approximate surface area is 118 Å². The molecule has 94 valence electrons. The van der Waals surface area contributed by atoms with E-state index in [0.717, 1.165) is 21.2 Å². The van der Waals surface area contributed by atoms with E-state index in [1.54, 1.807) is 12.3 Å². The minimum atomic E-state index is -0.180. The molecule has 0 unspecified atom stereocenters. The number of carbonyl (C=O) groups excluding carboxylic acids is 1. The molecule has 3 aromatic rings. The maximum absolute atomic E-state index is 12.1. The van der Waals surface area contributed by atoms with Gasteiger partial charge in [0.25, 0.3) is 5.91 Å². The molecule has 0 atom stereocenters. The maximum atomic E-state index is 12.1. The van der Waals surface area contributed by atoms with Gasteiger partial charge in [-0.2, -0.15) is 0 Å². The van der Waals surface area contributed by atoms with E-state index in [2.05, 4.69) is 31.2 Å². The average Bonchev–Trinajstić information content (AvgIpc) is 2.85. The third-order valence-corrected chi connectivity index (χ3v) is 3.26. The van der Waals surface area contributed by atoms with Crippen LogP contribution in [-0.4, -0.2) is 15.9 Å². The third kappa shape index (κ3) is 2.51. The molecule has 0 aliphatic heterocycles. The van der Waals surface area contributed by atoms with Crippen LogP contribution < -0.4 is 5.32 Å². The van der Waals surface area contributed by atoms with E-state index < -0.39 is 0 Å². The summed E-state index contributed by atoms with van der Waals surface area (Å²) in [6.07, 6.45) is 1.70. The van der Waals surface area contributed by atoms with Gasteiger partial charge >= 0.3 is 0 Å². The van der Waals surface area contributed by atoms with Crippen molar-refractivity contribution in [3.63, 3.8) is 0 Å². The first-order valence-corrected chi connectivity index (χ1v) is 6.52. The number of rotatable bonds is 2. The number of aromatic amines is 1. The van der Waals surface area contributed by atoms with Gasteiger partial charge in [0.05, 0.1) is 11.0 Å². The molecule has 4 nitrogen and oxygen atoms in total. The van der Waals surface area contributed by atoms with Gasteiger partial charge in [0.2, 0.25) is 0 Å². The number of aromatic nitrogens is 2. The van der Waals surface area contributed by atoms with Crippen molar-refractivity contribution in [1.82, 2.24) is 9.97 Å². The quantitative estimate of drug-likeness (QED) is 0.759. The Morgan fingerprint density at radius 2 is 2.00 bits per heavy atom. The number of pyridine rings is 1. The predicted molar refractivity (Wildman–Crippen MR) is 78.2 cm³/mol. The molecule has 0 spiro atoms. The molecule has 19 heavy (non-hydrogen) atoms. The second-order valence-corrected chi connectivity index (χ2v) is 5.00. The number of fused-ring (bicyclic) bond motifs is 1. The number of amides is 1. The van der Waals surface area contributed by atoms with Crippen LogP contribution in [0.4, 0.5) is 5.69 Å². The highest BCUT2D eigenvalue weighted by Gasteiger charge is 2.09. The van der Waals surface area contributed by atoms with Crippen molar-refractivity contribution in [3.05, 3.63) is 58.8 Å². The zero-order chi connectivity index (χ0) is 13.2. The molecule has 1 amide bonds. The van der Waals surface area contributed by atoms with E-state index in [1.807, 2.05) is 36.4 Å². The molecule has 0 aliphatic rings. The number of H-pyrrole nitrogens is 1. The monoisotopic (exact) mass is 315 g/mol.